The summed E-state index contributed by atoms with van der Waals surface area (Å²) in [5.74, 6) is -0.904. The van der Waals surface area contributed by atoms with Gasteiger partial charge in [0.05, 0.1) is 12.2 Å². The number of aromatic carboxylic acids is 1. The molecule has 106 valence electrons. The van der Waals surface area contributed by atoms with Crippen LogP contribution in [0.4, 0.5) is 0 Å². The molecule has 0 aliphatic carbocycles. The zero-order chi connectivity index (χ0) is 14.3. The maximum absolute atomic E-state index is 10.8. The molecule has 0 aliphatic rings. The molecule has 0 aromatic heterocycles. The monoisotopic (exact) mass is 265 g/mol. The molecule has 4 nitrogen and oxygen atoms in total. The van der Waals surface area contributed by atoms with Gasteiger partial charge in [-0.1, -0.05) is 26.0 Å². The number of carboxylic acid groups (broad SMARTS) is 1. The normalized spacial score (nSPS) is 11.2. The molecule has 0 spiro atoms. The van der Waals surface area contributed by atoms with E-state index in [1.807, 2.05) is 12.1 Å². The topological polar surface area (TPSA) is 60.8 Å². The van der Waals surface area contributed by atoms with Gasteiger partial charge in [0.2, 0.25) is 0 Å². The number of nitrogens with zero attached hydrogens (tertiary/aromatic N) is 1. The molecule has 0 amide bonds. The Morgan fingerprint density at radius 3 is 2.21 bits per heavy atom. The molecular formula is C15H23NO3. The standard InChI is InChI=1S/C15H23NO3/c1-3-14(4-2)16(9-10-17)11-12-5-7-13(8-6-12)15(18)19/h5-8,14,17H,3-4,9-11H2,1-2H3,(H,18,19). The third kappa shape index (κ3) is 4.65. The van der Waals surface area contributed by atoms with Crippen molar-refractivity contribution in [2.24, 2.45) is 0 Å². The van der Waals surface area contributed by atoms with Gasteiger partial charge in [-0.3, -0.25) is 4.90 Å². The number of carboxylic acids is 1. The van der Waals surface area contributed by atoms with Crippen molar-refractivity contribution in [2.45, 2.75) is 39.3 Å². The predicted octanol–water partition coefficient (Wildman–Crippen LogP) is 2.37. The maximum atomic E-state index is 10.8. The summed E-state index contributed by atoms with van der Waals surface area (Å²) in [4.78, 5) is 13.0. The number of carbonyl (C=O) groups is 1. The highest BCUT2D eigenvalue weighted by Crippen LogP contribution is 2.14. The minimum absolute atomic E-state index is 0.143. The Labute approximate surface area is 114 Å². The van der Waals surface area contributed by atoms with Gasteiger partial charge in [0.1, 0.15) is 0 Å². The van der Waals surface area contributed by atoms with E-state index >= 15 is 0 Å². The Balaban J connectivity index is 2.75. The van der Waals surface area contributed by atoms with Crippen LogP contribution in [0.2, 0.25) is 0 Å². The van der Waals surface area contributed by atoms with E-state index in [0.29, 0.717) is 18.2 Å². The number of hydrogen-bond acceptors (Lipinski definition) is 3. The summed E-state index contributed by atoms with van der Waals surface area (Å²) in [5, 5.41) is 18.0. The lowest BCUT2D eigenvalue weighted by Crippen LogP contribution is -2.36. The van der Waals surface area contributed by atoms with Crippen LogP contribution >= 0.6 is 0 Å². The SMILES string of the molecule is CCC(CC)N(CCO)Cc1ccc(C(=O)O)cc1. The summed E-state index contributed by atoms with van der Waals surface area (Å²) < 4.78 is 0. The van der Waals surface area contributed by atoms with E-state index in [1.54, 1.807) is 12.1 Å². The van der Waals surface area contributed by atoms with E-state index in [0.717, 1.165) is 24.9 Å². The van der Waals surface area contributed by atoms with Gasteiger partial charge >= 0.3 is 5.97 Å². The molecule has 0 saturated carbocycles. The van der Waals surface area contributed by atoms with Gasteiger partial charge in [-0.25, -0.2) is 4.79 Å². The summed E-state index contributed by atoms with van der Waals surface area (Å²) in [5.41, 5.74) is 1.38. The van der Waals surface area contributed by atoms with Crippen LogP contribution in [-0.4, -0.2) is 40.3 Å². The van der Waals surface area contributed by atoms with Gasteiger partial charge < -0.3 is 10.2 Å². The van der Waals surface area contributed by atoms with Crippen LogP contribution < -0.4 is 0 Å². The summed E-state index contributed by atoms with van der Waals surface area (Å²) in [6.07, 6.45) is 2.09. The van der Waals surface area contributed by atoms with Crippen molar-refractivity contribution in [1.29, 1.82) is 0 Å². The zero-order valence-electron chi connectivity index (χ0n) is 11.7. The lowest BCUT2D eigenvalue weighted by molar-refractivity contribution is 0.0697. The van der Waals surface area contributed by atoms with Crippen LogP contribution in [0.1, 0.15) is 42.6 Å². The molecule has 19 heavy (non-hydrogen) atoms. The highest BCUT2D eigenvalue weighted by Gasteiger charge is 2.15. The minimum atomic E-state index is -0.904. The first kappa shape index (κ1) is 15.7. The van der Waals surface area contributed by atoms with Crippen molar-refractivity contribution in [2.75, 3.05) is 13.2 Å². The first-order chi connectivity index (χ1) is 9.12. The Morgan fingerprint density at radius 1 is 1.21 bits per heavy atom. The Bertz CT molecular complexity index is 385. The molecule has 1 rings (SSSR count). The molecular weight excluding hydrogens is 242 g/mol. The number of benzene rings is 1. The first-order valence-electron chi connectivity index (χ1n) is 6.79. The second-order valence-electron chi connectivity index (χ2n) is 4.67. The molecule has 0 fully saturated rings. The van der Waals surface area contributed by atoms with E-state index in [-0.39, 0.29) is 6.61 Å². The smallest absolute Gasteiger partial charge is 0.335 e. The van der Waals surface area contributed by atoms with Crippen LogP contribution in [0.15, 0.2) is 24.3 Å². The van der Waals surface area contributed by atoms with Crippen LogP contribution in [0, 0.1) is 0 Å². The van der Waals surface area contributed by atoms with Crippen LogP contribution in [0.5, 0.6) is 0 Å². The molecule has 0 aliphatic heterocycles. The second-order valence-corrected chi connectivity index (χ2v) is 4.67. The number of aliphatic hydroxyl groups excluding tert-OH is 1. The zero-order valence-corrected chi connectivity index (χ0v) is 11.7. The summed E-state index contributed by atoms with van der Waals surface area (Å²) in [6.45, 7) is 5.82. The highest BCUT2D eigenvalue weighted by molar-refractivity contribution is 5.87. The van der Waals surface area contributed by atoms with Crippen molar-refractivity contribution < 1.29 is 15.0 Å². The first-order valence-corrected chi connectivity index (χ1v) is 6.79. The molecule has 1 aromatic rings. The van der Waals surface area contributed by atoms with Crippen molar-refractivity contribution in [1.82, 2.24) is 4.90 Å². The van der Waals surface area contributed by atoms with Gasteiger partial charge in [0.15, 0.2) is 0 Å². The third-order valence-corrected chi connectivity index (χ3v) is 3.43. The number of aliphatic hydroxyl groups is 1. The largest absolute Gasteiger partial charge is 0.478 e. The van der Waals surface area contributed by atoms with Crippen LogP contribution in [0.25, 0.3) is 0 Å². The van der Waals surface area contributed by atoms with Crippen molar-refractivity contribution in [3.8, 4) is 0 Å². The summed E-state index contributed by atoms with van der Waals surface area (Å²) in [6, 6.07) is 7.39. The number of rotatable bonds is 8. The van der Waals surface area contributed by atoms with Gasteiger partial charge in [-0.2, -0.15) is 0 Å². The van der Waals surface area contributed by atoms with Crippen molar-refractivity contribution in [3.63, 3.8) is 0 Å². The van der Waals surface area contributed by atoms with Gasteiger partial charge in [0, 0.05) is 19.1 Å². The quantitative estimate of drug-likeness (QED) is 0.757. The Morgan fingerprint density at radius 2 is 1.79 bits per heavy atom. The minimum Gasteiger partial charge on any atom is -0.478 e. The third-order valence-electron chi connectivity index (χ3n) is 3.43. The fraction of sp³-hybridized carbons (Fsp3) is 0.533. The molecule has 2 N–H and O–H groups in total. The van der Waals surface area contributed by atoms with Crippen LogP contribution in [0.3, 0.4) is 0 Å². The van der Waals surface area contributed by atoms with E-state index in [2.05, 4.69) is 18.7 Å². The van der Waals surface area contributed by atoms with Crippen molar-refractivity contribution in [3.05, 3.63) is 35.4 Å². The lowest BCUT2D eigenvalue weighted by atomic mass is 10.1. The van der Waals surface area contributed by atoms with E-state index in [1.165, 1.54) is 0 Å². The average molecular weight is 265 g/mol. The molecule has 4 heteroatoms. The van der Waals surface area contributed by atoms with Crippen molar-refractivity contribution >= 4 is 5.97 Å². The summed E-state index contributed by atoms with van der Waals surface area (Å²) in [7, 11) is 0. The highest BCUT2D eigenvalue weighted by atomic mass is 16.4. The van der Waals surface area contributed by atoms with Gasteiger partial charge in [-0.15, -0.1) is 0 Å². The van der Waals surface area contributed by atoms with E-state index in [4.69, 9.17) is 10.2 Å². The molecule has 0 saturated heterocycles. The maximum Gasteiger partial charge on any atom is 0.335 e. The van der Waals surface area contributed by atoms with Gasteiger partial charge in [0.25, 0.3) is 0 Å². The predicted molar refractivity (Wildman–Crippen MR) is 75.3 cm³/mol. The molecule has 1 aromatic carbocycles. The van der Waals surface area contributed by atoms with E-state index < -0.39 is 5.97 Å². The Hall–Kier alpha value is -1.39. The second kappa shape index (κ2) is 7.92. The fourth-order valence-electron chi connectivity index (χ4n) is 2.31. The molecule has 0 unspecified atom stereocenters. The van der Waals surface area contributed by atoms with E-state index in [9.17, 15) is 4.79 Å². The molecule has 0 bridgehead atoms. The molecule has 0 heterocycles. The number of hydrogen-bond donors (Lipinski definition) is 2. The molecule has 0 atom stereocenters. The average Bonchev–Trinajstić information content (AvgIpc) is 2.41. The van der Waals surface area contributed by atoms with Crippen LogP contribution in [-0.2, 0) is 6.54 Å². The molecule has 0 radical (unpaired) electrons. The summed E-state index contributed by atoms with van der Waals surface area (Å²) >= 11 is 0. The Kier molecular flexibility index (Phi) is 6.53. The van der Waals surface area contributed by atoms with Gasteiger partial charge in [-0.05, 0) is 30.5 Å². The fourth-order valence-corrected chi connectivity index (χ4v) is 2.31. The lowest BCUT2D eigenvalue weighted by Gasteiger charge is -2.29.